The van der Waals surface area contributed by atoms with Gasteiger partial charge >= 0.3 is 5.97 Å². The van der Waals surface area contributed by atoms with Gasteiger partial charge in [-0.1, -0.05) is 30.3 Å². The van der Waals surface area contributed by atoms with E-state index in [1.54, 1.807) is 54.6 Å². The van der Waals surface area contributed by atoms with Crippen molar-refractivity contribution in [1.29, 1.82) is 0 Å². The second kappa shape index (κ2) is 7.53. The lowest BCUT2D eigenvalue weighted by atomic mass is 10.0. The Labute approximate surface area is 151 Å². The molecule has 3 aromatic carbocycles. The van der Waals surface area contributed by atoms with E-state index in [1.807, 2.05) is 18.2 Å². The summed E-state index contributed by atoms with van der Waals surface area (Å²) < 4.78 is 5.27. The number of anilines is 2. The number of Topliss-reactive ketones (excluding diaryl/α,β-unsaturated/α-hetero) is 1. The molecule has 4 N–H and O–H groups in total. The highest BCUT2D eigenvalue weighted by Gasteiger charge is 2.12. The summed E-state index contributed by atoms with van der Waals surface area (Å²) in [4.78, 5) is 24.5. The van der Waals surface area contributed by atoms with E-state index in [-0.39, 0.29) is 12.2 Å². The molecular weight excluding hydrogens is 328 g/mol. The molecule has 0 aliphatic rings. The number of ether oxygens (including phenoxy) is 1. The predicted octanol–water partition coefficient (Wildman–Crippen LogP) is 3.50. The standard InChI is InChI=1S/C21H18N2O3/c22-17-9-11-18(12-10-17)26-21(25)15-7-5-14(6-8-15)20(24)13-16-3-1-2-4-19(16)23/h1-12H,13,22-23H2. The van der Waals surface area contributed by atoms with E-state index >= 15 is 0 Å². The fraction of sp³-hybridized carbons (Fsp3) is 0.0476. The fourth-order valence-corrected chi connectivity index (χ4v) is 2.46. The summed E-state index contributed by atoms with van der Waals surface area (Å²) >= 11 is 0. The molecule has 5 heteroatoms. The lowest BCUT2D eigenvalue weighted by Gasteiger charge is -2.07. The first-order chi connectivity index (χ1) is 12.5. The molecule has 0 bridgehead atoms. The van der Waals surface area contributed by atoms with Crippen LogP contribution in [0.2, 0.25) is 0 Å². The number of para-hydroxylation sites is 1. The topological polar surface area (TPSA) is 95.4 Å². The molecule has 130 valence electrons. The number of carbonyl (C=O) groups is 2. The molecular formula is C21H18N2O3. The summed E-state index contributed by atoms with van der Waals surface area (Å²) in [6.45, 7) is 0. The van der Waals surface area contributed by atoms with Crippen molar-refractivity contribution < 1.29 is 14.3 Å². The SMILES string of the molecule is Nc1ccc(OC(=O)c2ccc(C(=O)Cc3ccccc3N)cc2)cc1. The van der Waals surface area contributed by atoms with Crippen LogP contribution in [0.1, 0.15) is 26.3 Å². The van der Waals surface area contributed by atoms with Crippen LogP contribution in [-0.2, 0) is 6.42 Å². The zero-order valence-corrected chi connectivity index (χ0v) is 14.0. The van der Waals surface area contributed by atoms with Crippen LogP contribution in [0.5, 0.6) is 5.75 Å². The van der Waals surface area contributed by atoms with E-state index in [9.17, 15) is 9.59 Å². The highest BCUT2D eigenvalue weighted by molar-refractivity contribution is 5.99. The molecule has 0 heterocycles. The number of rotatable bonds is 5. The maximum Gasteiger partial charge on any atom is 0.343 e. The van der Waals surface area contributed by atoms with Crippen LogP contribution in [0.3, 0.4) is 0 Å². The van der Waals surface area contributed by atoms with Gasteiger partial charge in [-0.25, -0.2) is 4.79 Å². The monoisotopic (exact) mass is 346 g/mol. The number of ketones is 1. The van der Waals surface area contributed by atoms with Gasteiger partial charge in [-0.2, -0.15) is 0 Å². The molecule has 0 aliphatic carbocycles. The van der Waals surface area contributed by atoms with Crippen molar-refractivity contribution in [3.05, 3.63) is 89.5 Å². The number of benzene rings is 3. The molecule has 0 unspecified atom stereocenters. The van der Waals surface area contributed by atoms with E-state index in [0.717, 1.165) is 5.56 Å². The number of nitrogen functional groups attached to an aromatic ring is 2. The Kier molecular flexibility index (Phi) is 4.99. The van der Waals surface area contributed by atoms with Gasteiger partial charge in [0.2, 0.25) is 0 Å². The van der Waals surface area contributed by atoms with E-state index in [4.69, 9.17) is 16.2 Å². The fourth-order valence-electron chi connectivity index (χ4n) is 2.46. The minimum atomic E-state index is -0.499. The highest BCUT2D eigenvalue weighted by atomic mass is 16.5. The average Bonchev–Trinajstić information content (AvgIpc) is 2.65. The van der Waals surface area contributed by atoms with Gasteiger partial charge in [-0.15, -0.1) is 0 Å². The van der Waals surface area contributed by atoms with Crippen LogP contribution in [0, 0.1) is 0 Å². The van der Waals surface area contributed by atoms with Crippen LogP contribution < -0.4 is 16.2 Å². The Morgan fingerprint density at radius 2 is 1.38 bits per heavy atom. The molecule has 3 rings (SSSR count). The minimum Gasteiger partial charge on any atom is -0.423 e. The van der Waals surface area contributed by atoms with Gasteiger partial charge in [0, 0.05) is 23.4 Å². The molecule has 26 heavy (non-hydrogen) atoms. The van der Waals surface area contributed by atoms with Crippen molar-refractivity contribution in [2.45, 2.75) is 6.42 Å². The molecule has 0 spiro atoms. The second-order valence-electron chi connectivity index (χ2n) is 5.83. The van der Waals surface area contributed by atoms with Crippen molar-refractivity contribution in [3.63, 3.8) is 0 Å². The number of hydrogen-bond acceptors (Lipinski definition) is 5. The van der Waals surface area contributed by atoms with E-state index in [0.29, 0.717) is 28.3 Å². The van der Waals surface area contributed by atoms with Gasteiger partial charge in [0.1, 0.15) is 5.75 Å². The Morgan fingerprint density at radius 3 is 2.04 bits per heavy atom. The first-order valence-electron chi connectivity index (χ1n) is 8.07. The molecule has 0 aliphatic heterocycles. The average molecular weight is 346 g/mol. The predicted molar refractivity (Wildman–Crippen MR) is 101 cm³/mol. The quantitative estimate of drug-likeness (QED) is 0.319. The molecule has 3 aromatic rings. The van der Waals surface area contributed by atoms with Crippen molar-refractivity contribution in [3.8, 4) is 5.75 Å². The largest absolute Gasteiger partial charge is 0.423 e. The number of hydrogen-bond donors (Lipinski definition) is 2. The summed E-state index contributed by atoms with van der Waals surface area (Å²) in [5, 5.41) is 0. The third kappa shape index (κ3) is 4.08. The van der Waals surface area contributed by atoms with Crippen molar-refractivity contribution >= 4 is 23.1 Å². The molecule has 5 nitrogen and oxygen atoms in total. The van der Waals surface area contributed by atoms with Crippen LogP contribution >= 0.6 is 0 Å². The van der Waals surface area contributed by atoms with Crippen molar-refractivity contribution in [2.24, 2.45) is 0 Å². The number of esters is 1. The lowest BCUT2D eigenvalue weighted by molar-refractivity contribution is 0.0734. The first kappa shape index (κ1) is 17.2. The van der Waals surface area contributed by atoms with Gasteiger partial charge in [0.25, 0.3) is 0 Å². The number of nitrogens with two attached hydrogens (primary N) is 2. The maximum absolute atomic E-state index is 12.4. The van der Waals surface area contributed by atoms with E-state index in [1.165, 1.54) is 0 Å². The molecule has 0 saturated carbocycles. The summed E-state index contributed by atoms with van der Waals surface area (Å²) in [6.07, 6.45) is 0.210. The lowest BCUT2D eigenvalue weighted by Crippen LogP contribution is -2.10. The van der Waals surface area contributed by atoms with E-state index in [2.05, 4.69) is 0 Å². The Morgan fingerprint density at radius 1 is 0.769 bits per heavy atom. The normalized spacial score (nSPS) is 10.3. The Balaban J connectivity index is 1.67. The molecule has 0 amide bonds. The van der Waals surface area contributed by atoms with Gasteiger partial charge in [0.05, 0.1) is 5.56 Å². The zero-order chi connectivity index (χ0) is 18.5. The van der Waals surface area contributed by atoms with Gasteiger partial charge < -0.3 is 16.2 Å². The summed E-state index contributed by atoms with van der Waals surface area (Å²) in [5.74, 6) is -0.161. The smallest absolute Gasteiger partial charge is 0.343 e. The summed E-state index contributed by atoms with van der Waals surface area (Å²) in [6, 6.07) is 20.2. The molecule has 0 saturated heterocycles. The van der Waals surface area contributed by atoms with E-state index < -0.39 is 5.97 Å². The van der Waals surface area contributed by atoms with Crippen LogP contribution in [0.25, 0.3) is 0 Å². The minimum absolute atomic E-state index is 0.0682. The third-order valence-electron chi connectivity index (χ3n) is 3.94. The maximum atomic E-state index is 12.4. The van der Waals surface area contributed by atoms with Gasteiger partial charge in [-0.05, 0) is 48.0 Å². The highest BCUT2D eigenvalue weighted by Crippen LogP contribution is 2.17. The molecule has 0 fully saturated rings. The molecule has 0 atom stereocenters. The Hall–Kier alpha value is -3.60. The second-order valence-corrected chi connectivity index (χ2v) is 5.83. The molecule has 0 radical (unpaired) electrons. The van der Waals surface area contributed by atoms with Crippen LogP contribution in [0.15, 0.2) is 72.8 Å². The van der Waals surface area contributed by atoms with Crippen LogP contribution in [0.4, 0.5) is 11.4 Å². The Bertz CT molecular complexity index is 932. The van der Waals surface area contributed by atoms with Gasteiger partial charge in [0.15, 0.2) is 5.78 Å². The first-order valence-corrected chi connectivity index (χ1v) is 8.07. The van der Waals surface area contributed by atoms with Crippen molar-refractivity contribution in [1.82, 2.24) is 0 Å². The third-order valence-corrected chi connectivity index (χ3v) is 3.94. The van der Waals surface area contributed by atoms with Gasteiger partial charge in [-0.3, -0.25) is 4.79 Å². The zero-order valence-electron chi connectivity index (χ0n) is 14.0. The summed E-state index contributed by atoms with van der Waals surface area (Å²) in [7, 11) is 0. The summed E-state index contributed by atoms with van der Waals surface area (Å²) in [5.41, 5.74) is 14.3. The number of carbonyl (C=O) groups excluding carboxylic acids is 2. The van der Waals surface area contributed by atoms with Crippen LogP contribution in [-0.4, -0.2) is 11.8 Å². The molecule has 0 aromatic heterocycles. The van der Waals surface area contributed by atoms with Crippen molar-refractivity contribution in [2.75, 3.05) is 11.5 Å².